The fourth-order valence-electron chi connectivity index (χ4n) is 5.30. The number of nitrogens with one attached hydrogen (secondary N) is 6. The molecule has 0 bridgehead atoms. The van der Waals surface area contributed by atoms with Gasteiger partial charge in [-0.1, -0.05) is 12.1 Å². The Morgan fingerprint density at radius 1 is 0.941 bits per heavy atom. The van der Waals surface area contributed by atoms with E-state index in [0.29, 0.717) is 12.0 Å². The number of aliphatic hydroxyl groups excluding tert-OH is 1. The third-order valence-electron chi connectivity index (χ3n) is 8.00. The summed E-state index contributed by atoms with van der Waals surface area (Å²) in [5.41, 5.74) is 17.0. The molecule has 1 saturated heterocycles. The van der Waals surface area contributed by atoms with Gasteiger partial charge in [-0.25, -0.2) is 4.79 Å². The van der Waals surface area contributed by atoms with Crippen molar-refractivity contribution < 1.29 is 48.9 Å². The third kappa shape index (κ3) is 13.4. The van der Waals surface area contributed by atoms with E-state index in [1.54, 1.807) is 12.1 Å². The molecule has 20 heteroatoms. The normalized spacial score (nSPS) is 17.4. The summed E-state index contributed by atoms with van der Waals surface area (Å²) < 4.78 is 0. The van der Waals surface area contributed by atoms with Crippen molar-refractivity contribution in [3.05, 3.63) is 29.8 Å². The van der Waals surface area contributed by atoms with Crippen LogP contribution in [-0.4, -0.2) is 123 Å². The number of carbonyl (C=O) groups is 7. The number of carboxylic acids is 1. The minimum absolute atomic E-state index is 0.0223. The van der Waals surface area contributed by atoms with Crippen LogP contribution in [0.15, 0.2) is 24.3 Å². The number of aliphatic hydroxyl groups is 1. The van der Waals surface area contributed by atoms with E-state index in [-0.39, 0.29) is 50.5 Å². The number of phenols is 1. The van der Waals surface area contributed by atoms with Crippen LogP contribution in [0.25, 0.3) is 0 Å². The summed E-state index contributed by atoms with van der Waals surface area (Å²) in [6.45, 7) is 2.86. The summed E-state index contributed by atoms with van der Waals surface area (Å²) in [5.74, 6) is -6.76. The zero-order valence-electron chi connectivity index (χ0n) is 28.4. The van der Waals surface area contributed by atoms with Crippen LogP contribution in [-0.2, 0) is 40.0 Å². The van der Waals surface area contributed by atoms with Crippen LogP contribution in [0.4, 0.5) is 0 Å². The van der Waals surface area contributed by atoms with E-state index in [1.807, 2.05) is 0 Å². The predicted octanol–water partition coefficient (Wildman–Crippen LogP) is -4.18. The minimum atomic E-state index is -1.60. The van der Waals surface area contributed by atoms with Gasteiger partial charge >= 0.3 is 5.97 Å². The van der Waals surface area contributed by atoms with Crippen molar-refractivity contribution in [2.45, 2.75) is 94.7 Å². The molecule has 1 aromatic rings. The molecule has 2 rings (SSSR count). The molecule has 0 saturated carbocycles. The first-order valence-electron chi connectivity index (χ1n) is 16.2. The standard InChI is InChI=1S/C31H48N10O10/c1-15(29(49)41-12-4-6-22(41)27(47)39-21(30(50)51)14-23(33)44)37-26(46)20(5-3-11-36-31(34)35)38-28(48)24(16(2)42)40-25(45)19(32)13-17-7-9-18(43)10-8-17/h7-10,15-16,19-22,24,42-43H,3-6,11-14,32H2,1-2H3,(H2,33,44)(H,37,46)(H,38,48)(H,39,47)(H,40,45)(H,50,51)(H4,34,35,36)/t15-,16+,19-,20-,21-,22-,24-/m0/s1. The summed E-state index contributed by atoms with van der Waals surface area (Å²) in [5, 5.41) is 48.7. The number of phenolic OH excluding ortho intramolecular Hbond substituents is 1. The van der Waals surface area contributed by atoms with Crippen molar-refractivity contribution in [2.75, 3.05) is 13.1 Å². The fraction of sp³-hybridized carbons (Fsp3) is 0.548. The lowest BCUT2D eigenvalue weighted by molar-refractivity contribution is -0.145. The SMILES string of the molecule is C[C@H](NC(=O)[C@H](CCCNC(=N)N)NC(=O)[C@@H](NC(=O)[C@@H](N)Cc1ccc(O)cc1)[C@@H](C)O)C(=O)N1CCC[C@H]1C(=O)N[C@@H](CC(N)=O)C(=O)O. The van der Waals surface area contributed by atoms with Crippen molar-refractivity contribution in [3.63, 3.8) is 0 Å². The van der Waals surface area contributed by atoms with Crippen molar-refractivity contribution in [2.24, 2.45) is 17.2 Å². The lowest BCUT2D eigenvalue weighted by atomic mass is 10.0. The smallest absolute Gasteiger partial charge is 0.326 e. The number of aliphatic carboxylic acids is 1. The van der Waals surface area contributed by atoms with Gasteiger partial charge in [-0.15, -0.1) is 0 Å². The molecule has 0 spiro atoms. The maximum atomic E-state index is 13.5. The number of amides is 6. The zero-order valence-corrected chi connectivity index (χ0v) is 28.4. The van der Waals surface area contributed by atoms with Crippen LogP contribution in [0, 0.1) is 5.41 Å². The number of rotatable bonds is 19. The maximum Gasteiger partial charge on any atom is 0.326 e. The summed E-state index contributed by atoms with van der Waals surface area (Å²) in [7, 11) is 0. The molecule has 6 amide bonds. The summed E-state index contributed by atoms with van der Waals surface area (Å²) in [4.78, 5) is 89.9. The number of aromatic hydroxyl groups is 1. The van der Waals surface area contributed by atoms with Gasteiger partial charge in [0.15, 0.2) is 5.96 Å². The summed E-state index contributed by atoms with van der Waals surface area (Å²) in [6, 6.07) is -1.93. The van der Waals surface area contributed by atoms with E-state index >= 15 is 0 Å². The Morgan fingerprint density at radius 2 is 1.59 bits per heavy atom. The van der Waals surface area contributed by atoms with Crippen LogP contribution in [0.1, 0.15) is 51.5 Å². The Kier molecular flexibility index (Phi) is 16.0. The molecule has 1 aromatic carbocycles. The van der Waals surface area contributed by atoms with Crippen molar-refractivity contribution >= 4 is 47.4 Å². The highest BCUT2D eigenvalue weighted by molar-refractivity contribution is 5.97. The molecule has 1 heterocycles. The quantitative estimate of drug-likeness (QED) is 0.0367. The molecule has 0 aliphatic carbocycles. The second-order valence-corrected chi connectivity index (χ2v) is 12.2. The minimum Gasteiger partial charge on any atom is -0.508 e. The van der Waals surface area contributed by atoms with Gasteiger partial charge in [0.1, 0.15) is 36.0 Å². The number of hydrogen-bond donors (Lipinski definition) is 12. The first-order chi connectivity index (χ1) is 23.9. The first-order valence-corrected chi connectivity index (χ1v) is 16.2. The molecule has 1 aliphatic rings. The fourth-order valence-corrected chi connectivity index (χ4v) is 5.30. The van der Waals surface area contributed by atoms with E-state index in [2.05, 4.69) is 26.6 Å². The van der Waals surface area contributed by atoms with Gasteiger partial charge in [-0.3, -0.25) is 34.2 Å². The first kappa shape index (κ1) is 41.7. The van der Waals surface area contributed by atoms with Crippen LogP contribution in [0.2, 0.25) is 0 Å². The van der Waals surface area contributed by atoms with E-state index in [0.717, 1.165) is 0 Å². The zero-order chi connectivity index (χ0) is 38.4. The van der Waals surface area contributed by atoms with E-state index in [9.17, 15) is 48.9 Å². The molecule has 7 atom stereocenters. The van der Waals surface area contributed by atoms with Gasteiger partial charge in [0, 0.05) is 13.1 Å². The van der Waals surface area contributed by atoms with Crippen molar-refractivity contribution in [1.29, 1.82) is 5.41 Å². The van der Waals surface area contributed by atoms with Crippen LogP contribution < -0.4 is 43.8 Å². The van der Waals surface area contributed by atoms with Gasteiger partial charge in [0.05, 0.1) is 18.6 Å². The van der Waals surface area contributed by atoms with E-state index in [1.165, 1.54) is 30.9 Å². The number of carboxylic acid groups (broad SMARTS) is 1. The molecule has 282 valence electrons. The molecule has 20 nitrogen and oxygen atoms in total. The highest BCUT2D eigenvalue weighted by Crippen LogP contribution is 2.19. The van der Waals surface area contributed by atoms with Gasteiger partial charge < -0.3 is 64.0 Å². The third-order valence-corrected chi connectivity index (χ3v) is 8.00. The lowest BCUT2D eigenvalue weighted by Crippen LogP contribution is -2.60. The molecular formula is C31H48N10O10. The topological polar surface area (TPSA) is 345 Å². The lowest BCUT2D eigenvalue weighted by Gasteiger charge is -2.29. The largest absolute Gasteiger partial charge is 0.508 e. The van der Waals surface area contributed by atoms with Crippen molar-refractivity contribution in [1.82, 2.24) is 31.5 Å². The molecular weight excluding hydrogens is 672 g/mol. The van der Waals surface area contributed by atoms with Crippen LogP contribution in [0.3, 0.4) is 0 Å². The highest BCUT2D eigenvalue weighted by Gasteiger charge is 2.39. The Balaban J connectivity index is 2.14. The molecule has 15 N–H and O–H groups in total. The molecule has 1 aliphatic heterocycles. The highest BCUT2D eigenvalue weighted by atomic mass is 16.4. The molecule has 51 heavy (non-hydrogen) atoms. The van der Waals surface area contributed by atoms with Crippen LogP contribution in [0.5, 0.6) is 5.75 Å². The number of likely N-dealkylation sites (tertiary alicyclic amines) is 1. The Hall–Kier alpha value is -5.50. The Labute approximate surface area is 293 Å². The number of primary amides is 1. The Bertz CT molecular complexity index is 1440. The summed E-state index contributed by atoms with van der Waals surface area (Å²) >= 11 is 0. The molecule has 0 radical (unpaired) electrons. The van der Waals surface area contributed by atoms with Crippen LogP contribution >= 0.6 is 0 Å². The number of nitrogens with two attached hydrogens (primary N) is 3. The molecule has 1 fully saturated rings. The van der Waals surface area contributed by atoms with Gasteiger partial charge in [-0.2, -0.15) is 0 Å². The number of hydrogen-bond acceptors (Lipinski definition) is 11. The summed E-state index contributed by atoms with van der Waals surface area (Å²) in [6.07, 6.45) is -1.29. The second kappa shape index (κ2) is 19.6. The predicted molar refractivity (Wildman–Crippen MR) is 180 cm³/mol. The van der Waals surface area contributed by atoms with E-state index in [4.69, 9.17) is 22.6 Å². The monoisotopic (exact) mass is 720 g/mol. The molecule has 0 aromatic heterocycles. The van der Waals surface area contributed by atoms with E-state index < -0.39 is 90.2 Å². The molecule has 0 unspecified atom stereocenters. The van der Waals surface area contributed by atoms with Gasteiger partial charge in [0.2, 0.25) is 35.4 Å². The Morgan fingerprint density at radius 3 is 2.16 bits per heavy atom. The second-order valence-electron chi connectivity index (χ2n) is 12.2. The number of guanidine groups is 1. The number of benzene rings is 1. The van der Waals surface area contributed by atoms with Crippen molar-refractivity contribution in [3.8, 4) is 5.75 Å². The van der Waals surface area contributed by atoms with Gasteiger partial charge in [-0.05, 0) is 63.6 Å². The average molecular weight is 721 g/mol. The number of carbonyl (C=O) groups excluding carboxylic acids is 6. The maximum absolute atomic E-state index is 13.5. The average Bonchev–Trinajstić information content (AvgIpc) is 3.54. The van der Waals surface area contributed by atoms with Gasteiger partial charge in [0.25, 0.3) is 0 Å². The number of nitrogens with zero attached hydrogens (tertiary/aromatic N) is 1.